The van der Waals surface area contributed by atoms with Crippen LogP contribution in [0.3, 0.4) is 0 Å². The number of hydrogen-bond donors (Lipinski definition) is 0. The molecule has 0 atom stereocenters. The van der Waals surface area contributed by atoms with E-state index in [1.54, 1.807) is 35.2 Å². The maximum atomic E-state index is 13.4. The van der Waals surface area contributed by atoms with Crippen LogP contribution in [0, 0.1) is 0 Å². The molecule has 0 radical (unpaired) electrons. The van der Waals surface area contributed by atoms with Crippen LogP contribution in [-0.2, 0) is 11.3 Å². The Hall–Kier alpha value is -3.22. The minimum Gasteiger partial charge on any atom is -0.465 e. The molecule has 0 unspecified atom stereocenters. The van der Waals surface area contributed by atoms with Gasteiger partial charge in [-0.25, -0.2) is 9.78 Å². The van der Waals surface area contributed by atoms with Gasteiger partial charge in [0, 0.05) is 5.56 Å². The Labute approximate surface area is 182 Å². The summed E-state index contributed by atoms with van der Waals surface area (Å²) in [5, 5.41) is 1.11. The van der Waals surface area contributed by atoms with Gasteiger partial charge in [0.05, 0.1) is 28.9 Å². The highest BCUT2D eigenvalue weighted by Gasteiger charge is 2.22. The van der Waals surface area contributed by atoms with Crippen molar-refractivity contribution in [3.8, 4) is 0 Å². The monoisotopic (exact) mass is 436 g/mol. The van der Waals surface area contributed by atoms with E-state index >= 15 is 0 Å². The molecule has 0 saturated carbocycles. The number of nitrogens with zero attached hydrogens (tertiary/aromatic N) is 2. The summed E-state index contributed by atoms with van der Waals surface area (Å²) in [4.78, 5) is 31.3. The molecule has 150 valence electrons. The van der Waals surface area contributed by atoms with E-state index in [2.05, 4.69) is 4.98 Å². The molecule has 4 aromatic rings. The number of halogens is 1. The van der Waals surface area contributed by atoms with Crippen molar-refractivity contribution in [1.29, 1.82) is 0 Å². The second kappa shape index (κ2) is 8.65. The number of fused-ring (bicyclic) bond motifs is 1. The minimum absolute atomic E-state index is 0.217. The summed E-state index contributed by atoms with van der Waals surface area (Å²) in [6, 6.07) is 21.7. The third-order valence-electron chi connectivity index (χ3n) is 4.57. The van der Waals surface area contributed by atoms with E-state index in [-0.39, 0.29) is 5.91 Å². The van der Waals surface area contributed by atoms with Crippen LogP contribution in [0.25, 0.3) is 10.2 Å². The summed E-state index contributed by atoms with van der Waals surface area (Å²) in [5.41, 5.74) is 2.48. The van der Waals surface area contributed by atoms with Crippen molar-refractivity contribution < 1.29 is 14.3 Å². The Morgan fingerprint density at radius 3 is 2.33 bits per heavy atom. The van der Waals surface area contributed by atoms with Crippen LogP contribution in [0.15, 0.2) is 72.8 Å². The molecule has 30 heavy (non-hydrogen) atoms. The lowest BCUT2D eigenvalue weighted by Crippen LogP contribution is -2.30. The fourth-order valence-electron chi connectivity index (χ4n) is 3.03. The molecule has 0 spiro atoms. The predicted molar refractivity (Wildman–Crippen MR) is 119 cm³/mol. The number of anilines is 1. The first kappa shape index (κ1) is 20.1. The lowest BCUT2D eigenvalue weighted by atomic mass is 10.1. The van der Waals surface area contributed by atoms with E-state index in [0.717, 1.165) is 10.3 Å². The van der Waals surface area contributed by atoms with Crippen LogP contribution in [-0.4, -0.2) is 24.0 Å². The third kappa shape index (κ3) is 4.06. The number of hydrogen-bond acceptors (Lipinski definition) is 5. The van der Waals surface area contributed by atoms with Crippen molar-refractivity contribution >= 4 is 50.2 Å². The summed E-state index contributed by atoms with van der Waals surface area (Å²) in [7, 11) is 1.32. The van der Waals surface area contributed by atoms with Crippen molar-refractivity contribution in [1.82, 2.24) is 4.98 Å². The molecule has 0 fully saturated rings. The summed E-state index contributed by atoms with van der Waals surface area (Å²) in [5.74, 6) is -0.665. The number of thiazole rings is 1. The highest BCUT2D eigenvalue weighted by Crippen LogP contribution is 2.34. The smallest absolute Gasteiger partial charge is 0.337 e. The van der Waals surface area contributed by atoms with Crippen molar-refractivity contribution in [2.45, 2.75) is 6.54 Å². The molecular formula is C23H17ClN2O3S. The molecule has 3 aromatic carbocycles. The number of rotatable bonds is 5. The van der Waals surface area contributed by atoms with E-state index in [1.165, 1.54) is 18.4 Å². The van der Waals surface area contributed by atoms with E-state index in [9.17, 15) is 9.59 Å². The number of aromatic nitrogens is 1. The average Bonchev–Trinajstić information content (AvgIpc) is 3.23. The van der Waals surface area contributed by atoms with Gasteiger partial charge >= 0.3 is 5.97 Å². The van der Waals surface area contributed by atoms with E-state index in [4.69, 9.17) is 16.3 Å². The molecule has 1 heterocycles. The Morgan fingerprint density at radius 2 is 1.67 bits per heavy atom. The van der Waals surface area contributed by atoms with Gasteiger partial charge in [-0.2, -0.15) is 0 Å². The third-order valence-corrected chi connectivity index (χ3v) is 5.92. The van der Waals surface area contributed by atoms with Gasteiger partial charge in [-0.3, -0.25) is 9.69 Å². The second-order valence-electron chi connectivity index (χ2n) is 6.53. The van der Waals surface area contributed by atoms with Crippen LogP contribution in [0.5, 0.6) is 0 Å². The maximum Gasteiger partial charge on any atom is 0.337 e. The molecule has 5 nitrogen and oxygen atoms in total. The van der Waals surface area contributed by atoms with Crippen LogP contribution in [0.4, 0.5) is 5.13 Å². The molecular weight excluding hydrogens is 420 g/mol. The standard InChI is InChI=1S/C23H17ClN2O3S/c1-29-22(28)17-12-10-16(11-13-17)21(27)26(14-15-6-3-2-4-7-15)23-25-20-18(24)8-5-9-19(20)30-23/h2-13H,14H2,1H3. The van der Waals surface area contributed by atoms with Crippen LogP contribution in [0.2, 0.25) is 5.02 Å². The zero-order chi connectivity index (χ0) is 21.1. The molecule has 0 bridgehead atoms. The molecule has 0 saturated heterocycles. The first-order valence-corrected chi connectivity index (χ1v) is 10.4. The number of methoxy groups -OCH3 is 1. The van der Waals surface area contributed by atoms with Gasteiger partial charge < -0.3 is 4.74 Å². The summed E-state index contributed by atoms with van der Waals surface area (Å²) < 4.78 is 5.63. The highest BCUT2D eigenvalue weighted by molar-refractivity contribution is 7.22. The Balaban J connectivity index is 1.73. The Kier molecular flexibility index (Phi) is 5.79. The Morgan fingerprint density at radius 1 is 0.967 bits per heavy atom. The molecule has 0 aliphatic heterocycles. The van der Waals surface area contributed by atoms with Gasteiger partial charge in [0.15, 0.2) is 5.13 Å². The molecule has 1 aromatic heterocycles. The van der Waals surface area contributed by atoms with Crippen molar-refractivity contribution in [3.63, 3.8) is 0 Å². The molecule has 0 N–H and O–H groups in total. The predicted octanol–water partition coefficient (Wildman–Crippen LogP) is 5.58. The lowest BCUT2D eigenvalue weighted by molar-refractivity contribution is 0.0600. The normalized spacial score (nSPS) is 10.7. The number of esters is 1. The second-order valence-corrected chi connectivity index (χ2v) is 7.95. The highest BCUT2D eigenvalue weighted by atomic mass is 35.5. The van der Waals surface area contributed by atoms with Crippen LogP contribution < -0.4 is 4.90 Å². The number of benzene rings is 3. The van der Waals surface area contributed by atoms with Crippen LogP contribution in [0.1, 0.15) is 26.3 Å². The van der Waals surface area contributed by atoms with E-state index in [1.807, 2.05) is 42.5 Å². The fourth-order valence-corrected chi connectivity index (χ4v) is 4.30. The fraction of sp³-hybridized carbons (Fsp3) is 0.0870. The van der Waals surface area contributed by atoms with Gasteiger partial charge in [-0.05, 0) is 42.0 Å². The summed E-state index contributed by atoms with van der Waals surface area (Å²) in [6.07, 6.45) is 0. The number of ether oxygens (including phenoxy) is 1. The maximum absolute atomic E-state index is 13.4. The quantitative estimate of drug-likeness (QED) is 0.383. The molecule has 0 aliphatic rings. The number of carbonyl (C=O) groups is 2. The van der Waals surface area contributed by atoms with Gasteiger partial charge in [0.1, 0.15) is 5.52 Å². The summed E-state index contributed by atoms with van der Waals surface area (Å²) >= 11 is 7.70. The van der Waals surface area contributed by atoms with Gasteiger partial charge in [0.25, 0.3) is 5.91 Å². The van der Waals surface area contributed by atoms with Crippen molar-refractivity contribution in [3.05, 3.63) is 94.5 Å². The minimum atomic E-state index is -0.448. The van der Waals surface area contributed by atoms with Crippen molar-refractivity contribution in [2.75, 3.05) is 12.0 Å². The van der Waals surface area contributed by atoms with Crippen LogP contribution >= 0.6 is 22.9 Å². The van der Waals surface area contributed by atoms with Crippen molar-refractivity contribution in [2.24, 2.45) is 0 Å². The molecule has 1 amide bonds. The van der Waals surface area contributed by atoms with Gasteiger partial charge in [-0.1, -0.05) is 59.3 Å². The number of carbonyl (C=O) groups excluding carboxylic acids is 2. The summed E-state index contributed by atoms with van der Waals surface area (Å²) in [6.45, 7) is 0.357. The van der Waals surface area contributed by atoms with Gasteiger partial charge in [0.2, 0.25) is 0 Å². The van der Waals surface area contributed by atoms with E-state index in [0.29, 0.717) is 33.3 Å². The topological polar surface area (TPSA) is 59.5 Å². The molecule has 7 heteroatoms. The first-order chi connectivity index (χ1) is 14.6. The first-order valence-electron chi connectivity index (χ1n) is 9.16. The average molecular weight is 437 g/mol. The Bertz CT molecular complexity index is 1210. The number of amides is 1. The van der Waals surface area contributed by atoms with E-state index < -0.39 is 5.97 Å². The van der Waals surface area contributed by atoms with Gasteiger partial charge in [-0.15, -0.1) is 0 Å². The largest absolute Gasteiger partial charge is 0.465 e. The SMILES string of the molecule is COC(=O)c1ccc(C(=O)N(Cc2ccccc2)c2nc3c(Cl)cccc3s2)cc1. The number of para-hydroxylation sites is 1. The molecule has 0 aliphatic carbocycles. The zero-order valence-corrected chi connectivity index (χ0v) is 17.6. The molecule has 4 rings (SSSR count). The lowest BCUT2D eigenvalue weighted by Gasteiger charge is -2.20. The zero-order valence-electron chi connectivity index (χ0n) is 16.0.